The number of rotatable bonds is 8. The van der Waals surface area contributed by atoms with Crippen molar-refractivity contribution in [1.29, 1.82) is 0 Å². The maximum absolute atomic E-state index is 12.5. The van der Waals surface area contributed by atoms with E-state index >= 15 is 0 Å². The Bertz CT molecular complexity index is 927. The quantitative estimate of drug-likeness (QED) is 0.673. The Balaban J connectivity index is 1.67. The molecular formula is C21H21F3N2O4. The van der Waals surface area contributed by atoms with Crippen molar-refractivity contribution < 1.29 is 32.2 Å². The molecule has 1 saturated carbocycles. The molecule has 30 heavy (non-hydrogen) atoms. The molecule has 2 N–H and O–H groups in total. The average Bonchev–Trinajstić information content (AvgIpc) is 3.50. The molecule has 0 saturated heterocycles. The summed E-state index contributed by atoms with van der Waals surface area (Å²) in [7, 11) is 1.47. The van der Waals surface area contributed by atoms with E-state index in [2.05, 4.69) is 15.4 Å². The Labute approximate surface area is 171 Å². The third kappa shape index (κ3) is 6.13. The van der Waals surface area contributed by atoms with E-state index in [1.807, 2.05) is 0 Å². The maximum atomic E-state index is 12.5. The first-order valence-corrected chi connectivity index (χ1v) is 9.37. The van der Waals surface area contributed by atoms with Crippen molar-refractivity contribution in [3.8, 4) is 11.5 Å². The number of benzene rings is 2. The first-order chi connectivity index (χ1) is 14.2. The molecule has 0 bridgehead atoms. The molecular weight excluding hydrogens is 401 g/mol. The monoisotopic (exact) mass is 422 g/mol. The van der Waals surface area contributed by atoms with Gasteiger partial charge in [0.15, 0.2) is 0 Å². The number of anilines is 1. The van der Waals surface area contributed by atoms with E-state index in [0.717, 1.165) is 12.8 Å². The lowest BCUT2D eigenvalue weighted by atomic mass is 10.1. The first kappa shape index (κ1) is 21.5. The normalized spacial score (nSPS) is 13.5. The molecule has 6 nitrogen and oxygen atoms in total. The van der Waals surface area contributed by atoms with Gasteiger partial charge in [-0.25, -0.2) is 0 Å². The summed E-state index contributed by atoms with van der Waals surface area (Å²) in [5.41, 5.74) is 0.820. The Kier molecular flexibility index (Phi) is 6.49. The lowest BCUT2D eigenvalue weighted by Gasteiger charge is -2.14. The fourth-order valence-corrected chi connectivity index (χ4v) is 2.83. The van der Waals surface area contributed by atoms with Gasteiger partial charge in [0.25, 0.3) is 5.91 Å². The van der Waals surface area contributed by atoms with Crippen molar-refractivity contribution in [2.75, 3.05) is 12.4 Å². The predicted molar refractivity (Wildman–Crippen MR) is 104 cm³/mol. The second-order valence-corrected chi connectivity index (χ2v) is 6.86. The molecule has 0 heterocycles. The van der Waals surface area contributed by atoms with E-state index in [0.29, 0.717) is 11.4 Å². The van der Waals surface area contributed by atoms with Crippen molar-refractivity contribution >= 4 is 17.5 Å². The Hall–Kier alpha value is -3.23. The second-order valence-electron chi connectivity index (χ2n) is 6.86. The SMILES string of the molecule is COc1ccc(NC(=O)CCc2ccccc2OC(F)(F)F)c(C(=O)NC2CC2)c1. The van der Waals surface area contributed by atoms with Crippen molar-refractivity contribution in [1.82, 2.24) is 5.32 Å². The van der Waals surface area contributed by atoms with Crippen LogP contribution in [0.1, 0.15) is 35.2 Å². The van der Waals surface area contributed by atoms with Gasteiger partial charge in [0.05, 0.1) is 18.4 Å². The summed E-state index contributed by atoms with van der Waals surface area (Å²) in [6.45, 7) is 0. The van der Waals surface area contributed by atoms with E-state index in [1.54, 1.807) is 18.2 Å². The molecule has 2 aromatic carbocycles. The number of carbonyl (C=O) groups excluding carboxylic acids is 2. The maximum Gasteiger partial charge on any atom is 0.573 e. The molecule has 1 aliphatic carbocycles. The van der Waals surface area contributed by atoms with Crippen LogP contribution < -0.4 is 20.1 Å². The summed E-state index contributed by atoms with van der Waals surface area (Å²) < 4.78 is 46.8. The number of halogens is 3. The molecule has 0 aliphatic heterocycles. The molecule has 0 atom stereocenters. The number of nitrogens with one attached hydrogen (secondary N) is 2. The molecule has 3 rings (SSSR count). The summed E-state index contributed by atoms with van der Waals surface area (Å²) in [5, 5.41) is 5.51. The highest BCUT2D eigenvalue weighted by molar-refractivity contribution is 6.04. The Morgan fingerprint density at radius 2 is 1.87 bits per heavy atom. The molecule has 160 valence electrons. The zero-order valence-electron chi connectivity index (χ0n) is 16.2. The summed E-state index contributed by atoms with van der Waals surface area (Å²) in [4.78, 5) is 24.9. The lowest BCUT2D eigenvalue weighted by molar-refractivity contribution is -0.274. The molecule has 1 aliphatic rings. The number of para-hydroxylation sites is 1. The molecule has 0 aromatic heterocycles. The van der Waals surface area contributed by atoms with E-state index in [1.165, 1.54) is 31.4 Å². The van der Waals surface area contributed by atoms with Crippen LogP contribution in [0.4, 0.5) is 18.9 Å². The van der Waals surface area contributed by atoms with Crippen LogP contribution in [-0.4, -0.2) is 31.3 Å². The van der Waals surface area contributed by atoms with Crippen LogP contribution in [0.15, 0.2) is 42.5 Å². The lowest BCUT2D eigenvalue weighted by Crippen LogP contribution is -2.27. The number of aryl methyl sites for hydroxylation is 1. The number of methoxy groups -OCH3 is 1. The molecule has 9 heteroatoms. The number of carbonyl (C=O) groups is 2. The standard InChI is InChI=1S/C21H21F3N2O4/c1-29-15-9-10-17(16(12-15)20(28)25-14-7-8-14)26-19(27)11-6-13-4-2-3-5-18(13)30-21(22,23)24/h2-5,9-10,12,14H,6-8,11H2,1H3,(H,25,28)(H,26,27). The third-order valence-corrected chi connectivity index (χ3v) is 4.48. The van der Waals surface area contributed by atoms with Crippen molar-refractivity contribution in [3.63, 3.8) is 0 Å². The van der Waals surface area contributed by atoms with Gasteiger partial charge in [0.2, 0.25) is 5.91 Å². The molecule has 0 unspecified atom stereocenters. The number of amides is 2. The van der Waals surface area contributed by atoms with Crippen LogP contribution in [-0.2, 0) is 11.2 Å². The largest absolute Gasteiger partial charge is 0.573 e. The summed E-state index contributed by atoms with van der Waals surface area (Å²) in [5.74, 6) is -0.642. The fourth-order valence-electron chi connectivity index (χ4n) is 2.83. The summed E-state index contributed by atoms with van der Waals surface area (Å²) in [6.07, 6.45) is -3.04. The minimum atomic E-state index is -4.81. The highest BCUT2D eigenvalue weighted by Crippen LogP contribution is 2.28. The van der Waals surface area contributed by atoms with Gasteiger partial charge >= 0.3 is 6.36 Å². The smallest absolute Gasteiger partial charge is 0.497 e. The van der Waals surface area contributed by atoms with Crippen LogP contribution in [0.2, 0.25) is 0 Å². The van der Waals surface area contributed by atoms with E-state index in [9.17, 15) is 22.8 Å². The topological polar surface area (TPSA) is 76.7 Å². The van der Waals surface area contributed by atoms with Crippen molar-refractivity contribution in [3.05, 3.63) is 53.6 Å². The van der Waals surface area contributed by atoms with Crippen molar-refractivity contribution in [2.24, 2.45) is 0 Å². The van der Waals surface area contributed by atoms with Gasteiger partial charge in [-0.3, -0.25) is 9.59 Å². The molecule has 0 spiro atoms. The minimum absolute atomic E-state index is 0.0395. The van der Waals surface area contributed by atoms with Gasteiger partial charge in [-0.15, -0.1) is 13.2 Å². The van der Waals surface area contributed by atoms with Crippen molar-refractivity contribution in [2.45, 2.75) is 38.1 Å². The Morgan fingerprint density at radius 1 is 1.13 bits per heavy atom. The van der Waals surface area contributed by atoms with Crippen LogP contribution in [0.5, 0.6) is 11.5 Å². The van der Waals surface area contributed by atoms with E-state index in [4.69, 9.17) is 4.74 Å². The van der Waals surface area contributed by atoms with Gasteiger partial charge < -0.3 is 20.1 Å². The second kappa shape index (κ2) is 9.06. The molecule has 2 aromatic rings. The minimum Gasteiger partial charge on any atom is -0.497 e. The van der Waals surface area contributed by atoms with Gasteiger partial charge in [0, 0.05) is 12.5 Å². The van der Waals surface area contributed by atoms with Crippen LogP contribution in [0.3, 0.4) is 0 Å². The van der Waals surface area contributed by atoms with E-state index in [-0.39, 0.29) is 41.7 Å². The van der Waals surface area contributed by atoms with Crippen LogP contribution >= 0.6 is 0 Å². The van der Waals surface area contributed by atoms with Crippen LogP contribution in [0, 0.1) is 0 Å². The summed E-state index contributed by atoms with van der Waals surface area (Å²) >= 11 is 0. The highest BCUT2D eigenvalue weighted by Gasteiger charge is 2.32. The predicted octanol–water partition coefficient (Wildman–Crippen LogP) is 4.06. The van der Waals surface area contributed by atoms with E-state index < -0.39 is 12.3 Å². The third-order valence-electron chi connectivity index (χ3n) is 4.48. The van der Waals surface area contributed by atoms with Crippen LogP contribution in [0.25, 0.3) is 0 Å². The Morgan fingerprint density at radius 3 is 2.53 bits per heavy atom. The number of hydrogen-bond acceptors (Lipinski definition) is 4. The van der Waals surface area contributed by atoms with Gasteiger partial charge in [-0.2, -0.15) is 0 Å². The highest BCUT2D eigenvalue weighted by atomic mass is 19.4. The zero-order valence-corrected chi connectivity index (χ0v) is 16.2. The number of hydrogen-bond donors (Lipinski definition) is 2. The van der Waals surface area contributed by atoms with Gasteiger partial charge in [-0.05, 0) is 49.1 Å². The van der Waals surface area contributed by atoms with Gasteiger partial charge in [-0.1, -0.05) is 18.2 Å². The summed E-state index contributed by atoms with van der Waals surface area (Å²) in [6, 6.07) is 10.5. The number of alkyl halides is 3. The zero-order chi connectivity index (χ0) is 21.7. The molecule has 1 fully saturated rings. The molecule has 2 amide bonds. The fraction of sp³-hybridized carbons (Fsp3) is 0.333. The average molecular weight is 422 g/mol. The number of ether oxygens (including phenoxy) is 2. The first-order valence-electron chi connectivity index (χ1n) is 9.37. The van der Waals surface area contributed by atoms with Gasteiger partial charge in [0.1, 0.15) is 11.5 Å². The molecule has 0 radical (unpaired) electrons.